The van der Waals surface area contributed by atoms with Crippen LogP contribution in [0.1, 0.15) is 57.1 Å². The van der Waals surface area contributed by atoms with Gasteiger partial charge in [0, 0.05) is 16.7 Å². The molecule has 1 aromatic heterocycles. The predicted molar refractivity (Wildman–Crippen MR) is 198 cm³/mol. The molecule has 2 fully saturated rings. The molecule has 0 saturated heterocycles. The van der Waals surface area contributed by atoms with Gasteiger partial charge in [0.15, 0.2) is 17.5 Å². The quantitative estimate of drug-likeness (QED) is 0.182. The van der Waals surface area contributed by atoms with Crippen molar-refractivity contribution in [2.24, 2.45) is 17.8 Å². The topological polar surface area (TPSA) is 62.5 Å². The van der Waals surface area contributed by atoms with Crippen molar-refractivity contribution in [3.63, 3.8) is 0 Å². The number of rotatable bonds is 6. The predicted octanol–water partition coefficient (Wildman–Crippen LogP) is 11.2. The van der Waals surface area contributed by atoms with Gasteiger partial charge in [-0.2, -0.15) is 5.26 Å². The highest BCUT2D eigenvalue weighted by Crippen LogP contribution is 2.54. The summed E-state index contributed by atoms with van der Waals surface area (Å²) in [6.07, 6.45) is 6.66. The lowest BCUT2D eigenvalue weighted by Crippen LogP contribution is -2.42. The number of aromatic nitrogens is 3. The lowest BCUT2D eigenvalue weighted by Gasteiger charge is -2.50. The van der Waals surface area contributed by atoms with Gasteiger partial charge in [0.1, 0.15) is 0 Å². The highest BCUT2D eigenvalue weighted by atomic mass is 15.0. The summed E-state index contributed by atoms with van der Waals surface area (Å²) in [5, 5.41) is 9.31. The third-order valence-corrected chi connectivity index (χ3v) is 10.7. The van der Waals surface area contributed by atoms with Crippen LogP contribution in [0.5, 0.6) is 0 Å². The Balaban J connectivity index is 1.19. The largest absolute Gasteiger partial charge is 0.208 e. The molecule has 4 heteroatoms. The molecule has 1 heterocycles. The molecular weight excluding hydrogens is 597 g/mol. The monoisotopic (exact) mass is 636 g/mol. The average Bonchev–Trinajstić information content (AvgIpc) is 3.14. The van der Waals surface area contributed by atoms with Crippen LogP contribution in [0, 0.1) is 29.1 Å². The van der Waals surface area contributed by atoms with Crippen LogP contribution in [0.25, 0.3) is 56.4 Å². The standard InChI is InChI=1S/C45H40N4/c1-30-23-33-24-31(2)27-45(26-30,28-33)39-21-22-40(41(25-39)34-9-5-3-6-10-34)35-17-19-38(20-18-35)44-48-42(36-11-7-4-8-12-36)47-43(49-44)37-15-13-32(29-46)14-16-37/h3-22,25,30-31,33H,23-24,26-28H2,1-2H3/t30-,31+,33?,45?. The average molecular weight is 637 g/mol. The van der Waals surface area contributed by atoms with Crippen LogP contribution in [0.15, 0.2) is 127 Å². The third-order valence-electron chi connectivity index (χ3n) is 10.7. The maximum Gasteiger partial charge on any atom is 0.164 e. The van der Waals surface area contributed by atoms with Crippen LogP contribution in [0.4, 0.5) is 0 Å². The first-order valence-corrected chi connectivity index (χ1v) is 17.6. The molecule has 0 spiro atoms. The number of hydrogen-bond acceptors (Lipinski definition) is 4. The van der Waals surface area contributed by atoms with E-state index in [9.17, 15) is 5.26 Å². The summed E-state index contributed by atoms with van der Waals surface area (Å²) < 4.78 is 0. The van der Waals surface area contributed by atoms with Gasteiger partial charge in [0.25, 0.3) is 0 Å². The molecule has 8 rings (SSSR count). The normalized spacial score (nSPS) is 21.5. The molecule has 2 aliphatic rings. The molecule has 5 aromatic carbocycles. The first-order chi connectivity index (χ1) is 24.0. The molecule has 2 aliphatic carbocycles. The molecule has 0 aliphatic heterocycles. The van der Waals surface area contributed by atoms with Crippen LogP contribution in [0.2, 0.25) is 0 Å². The Morgan fingerprint density at radius 1 is 0.531 bits per heavy atom. The second-order valence-corrected chi connectivity index (χ2v) is 14.5. The van der Waals surface area contributed by atoms with Crippen LogP contribution in [0.3, 0.4) is 0 Å². The van der Waals surface area contributed by atoms with E-state index in [1.807, 2.05) is 42.5 Å². The number of benzene rings is 5. The van der Waals surface area contributed by atoms with Gasteiger partial charge >= 0.3 is 0 Å². The first-order valence-electron chi connectivity index (χ1n) is 17.6. The highest BCUT2D eigenvalue weighted by molar-refractivity contribution is 5.85. The number of nitrogens with zero attached hydrogens (tertiary/aromatic N) is 4. The Kier molecular flexibility index (Phi) is 8.14. The van der Waals surface area contributed by atoms with Crippen molar-refractivity contribution in [2.45, 2.75) is 51.4 Å². The minimum Gasteiger partial charge on any atom is -0.208 e. The molecule has 0 radical (unpaired) electrons. The summed E-state index contributed by atoms with van der Waals surface area (Å²) in [4.78, 5) is 14.7. The molecule has 240 valence electrons. The molecule has 0 N–H and O–H groups in total. The van der Waals surface area contributed by atoms with Crippen LogP contribution in [-0.2, 0) is 5.41 Å². The van der Waals surface area contributed by atoms with Crippen molar-refractivity contribution in [1.82, 2.24) is 15.0 Å². The summed E-state index contributed by atoms with van der Waals surface area (Å²) in [6, 6.07) is 46.4. The van der Waals surface area contributed by atoms with Crippen LogP contribution in [-0.4, -0.2) is 15.0 Å². The molecule has 4 nitrogen and oxygen atoms in total. The lowest BCUT2D eigenvalue weighted by atomic mass is 9.54. The zero-order chi connectivity index (χ0) is 33.4. The zero-order valence-electron chi connectivity index (χ0n) is 28.2. The first kappa shape index (κ1) is 30.9. The van der Waals surface area contributed by atoms with E-state index in [0.29, 0.717) is 23.0 Å². The Morgan fingerprint density at radius 2 is 1.00 bits per heavy atom. The van der Waals surface area contributed by atoms with E-state index in [2.05, 4.69) is 92.7 Å². The van der Waals surface area contributed by atoms with Crippen molar-refractivity contribution in [3.05, 3.63) is 139 Å². The molecule has 2 saturated carbocycles. The van der Waals surface area contributed by atoms with Crippen LogP contribution >= 0.6 is 0 Å². The molecule has 49 heavy (non-hydrogen) atoms. The van der Waals surface area contributed by atoms with Crippen LogP contribution < -0.4 is 0 Å². The third kappa shape index (κ3) is 6.18. The number of nitriles is 1. The van der Waals surface area contributed by atoms with Crippen molar-refractivity contribution in [1.29, 1.82) is 5.26 Å². The van der Waals surface area contributed by atoms with E-state index in [1.54, 1.807) is 12.1 Å². The summed E-state index contributed by atoms with van der Waals surface area (Å²) >= 11 is 0. The van der Waals surface area contributed by atoms with Gasteiger partial charge < -0.3 is 0 Å². The van der Waals surface area contributed by atoms with E-state index in [-0.39, 0.29) is 5.41 Å². The molecule has 2 bridgehead atoms. The smallest absolute Gasteiger partial charge is 0.164 e. The maximum absolute atomic E-state index is 9.31. The molecule has 0 amide bonds. The van der Waals surface area contributed by atoms with E-state index < -0.39 is 0 Å². The fourth-order valence-corrected chi connectivity index (χ4v) is 8.88. The summed E-state index contributed by atoms with van der Waals surface area (Å²) in [7, 11) is 0. The highest BCUT2D eigenvalue weighted by Gasteiger charge is 2.45. The Labute approximate surface area is 289 Å². The Hall–Kier alpha value is -5.40. The van der Waals surface area contributed by atoms with E-state index in [0.717, 1.165) is 34.4 Å². The van der Waals surface area contributed by atoms with Gasteiger partial charge in [0.2, 0.25) is 0 Å². The van der Waals surface area contributed by atoms with E-state index in [1.165, 1.54) is 59.9 Å². The lowest BCUT2D eigenvalue weighted by molar-refractivity contribution is 0.0781. The summed E-state index contributed by atoms with van der Waals surface area (Å²) in [5.41, 5.74) is 10.0. The van der Waals surface area contributed by atoms with Crippen molar-refractivity contribution in [3.8, 4) is 62.5 Å². The van der Waals surface area contributed by atoms with Gasteiger partial charge in [0.05, 0.1) is 11.6 Å². The minimum atomic E-state index is 0.272. The van der Waals surface area contributed by atoms with E-state index in [4.69, 9.17) is 15.0 Å². The minimum absolute atomic E-state index is 0.272. The Bertz CT molecular complexity index is 2110. The van der Waals surface area contributed by atoms with Gasteiger partial charge in [-0.25, -0.2) is 15.0 Å². The number of hydrogen-bond donors (Lipinski definition) is 0. The SMILES string of the molecule is C[C@@H]1CC2C[C@H](C)CC(c3ccc(-c4ccc(-c5nc(-c6ccccc6)nc(-c6ccc(C#N)cc6)n5)cc4)c(-c4ccccc4)c3)(C2)C1. The summed E-state index contributed by atoms with van der Waals surface area (Å²) in [6.45, 7) is 4.93. The fourth-order valence-electron chi connectivity index (χ4n) is 8.88. The second-order valence-electron chi connectivity index (χ2n) is 14.5. The molecule has 6 aromatic rings. The summed E-state index contributed by atoms with van der Waals surface area (Å²) in [5.74, 6) is 4.20. The second kappa shape index (κ2) is 12.9. The van der Waals surface area contributed by atoms with Crippen molar-refractivity contribution in [2.75, 3.05) is 0 Å². The fraction of sp³-hybridized carbons (Fsp3) is 0.244. The Morgan fingerprint density at radius 3 is 1.55 bits per heavy atom. The molecule has 4 atom stereocenters. The van der Waals surface area contributed by atoms with Gasteiger partial charge in [-0.1, -0.05) is 111 Å². The van der Waals surface area contributed by atoms with Gasteiger partial charge in [-0.3, -0.25) is 0 Å². The van der Waals surface area contributed by atoms with Crippen molar-refractivity contribution >= 4 is 0 Å². The van der Waals surface area contributed by atoms with Gasteiger partial charge in [-0.15, -0.1) is 0 Å². The van der Waals surface area contributed by atoms with Gasteiger partial charge in [-0.05, 0) is 113 Å². The zero-order valence-corrected chi connectivity index (χ0v) is 28.2. The molecule has 2 unspecified atom stereocenters. The number of fused-ring (bicyclic) bond motifs is 2. The maximum atomic E-state index is 9.31. The molecular formula is C45H40N4. The van der Waals surface area contributed by atoms with Crippen molar-refractivity contribution < 1.29 is 0 Å². The van der Waals surface area contributed by atoms with E-state index >= 15 is 0 Å².